The molecule has 0 fully saturated rings. The lowest BCUT2D eigenvalue weighted by Crippen LogP contribution is -2.17. The van der Waals surface area contributed by atoms with Crippen LogP contribution < -0.4 is 4.90 Å². The Kier molecular flexibility index (Phi) is 7.40. The summed E-state index contributed by atoms with van der Waals surface area (Å²) in [6.07, 6.45) is 0. The van der Waals surface area contributed by atoms with Gasteiger partial charge >= 0.3 is 0 Å². The summed E-state index contributed by atoms with van der Waals surface area (Å²) in [7, 11) is 0. The molecular weight excluding hydrogens is 622 g/mol. The third-order valence-electron chi connectivity index (χ3n) is 10.5. The van der Waals surface area contributed by atoms with Crippen molar-refractivity contribution in [2.24, 2.45) is 0 Å². The lowest BCUT2D eigenvalue weighted by molar-refractivity contribution is 0.628. The van der Waals surface area contributed by atoms with E-state index in [-0.39, 0.29) is 11.2 Å². The van der Waals surface area contributed by atoms with Crippen LogP contribution in [-0.4, -0.2) is 0 Å². The summed E-state index contributed by atoms with van der Waals surface area (Å²) >= 11 is 0. The quantitative estimate of drug-likeness (QED) is 0.172. The van der Waals surface area contributed by atoms with E-state index in [0.29, 0.717) is 0 Å². The van der Waals surface area contributed by atoms with Crippen LogP contribution in [0.1, 0.15) is 25.0 Å². The standard InChI is InChI=1S/C49H36FN/c1-49(2)46-32-42(29-30-44(46)47-45(37-17-23-39(50)24-18-37)31-38-15-9-10-16-43(38)48(47)49)51(40-25-19-35(20-26-40)33-11-5-3-6-12-33)41-27-21-36(22-28-41)34-13-7-4-8-14-34/h3-32H,1-2H3. The highest BCUT2D eigenvalue weighted by Gasteiger charge is 2.39. The van der Waals surface area contributed by atoms with Gasteiger partial charge in [0.2, 0.25) is 0 Å². The first-order valence-electron chi connectivity index (χ1n) is 17.5. The van der Waals surface area contributed by atoms with E-state index in [1.807, 2.05) is 12.1 Å². The fourth-order valence-electron chi connectivity index (χ4n) is 7.99. The molecule has 0 saturated carbocycles. The average Bonchev–Trinajstić information content (AvgIpc) is 3.42. The van der Waals surface area contributed by atoms with Crippen LogP contribution in [0, 0.1) is 5.82 Å². The monoisotopic (exact) mass is 657 g/mol. The smallest absolute Gasteiger partial charge is 0.123 e. The van der Waals surface area contributed by atoms with Crippen LogP contribution in [0.3, 0.4) is 0 Å². The normalized spacial score (nSPS) is 12.8. The molecule has 0 radical (unpaired) electrons. The maximum Gasteiger partial charge on any atom is 0.123 e. The summed E-state index contributed by atoms with van der Waals surface area (Å²) in [5.41, 5.74) is 15.0. The van der Waals surface area contributed by atoms with E-state index in [1.165, 1.54) is 55.3 Å². The molecule has 0 spiro atoms. The number of fused-ring (bicyclic) bond motifs is 5. The van der Waals surface area contributed by atoms with Gasteiger partial charge in [-0.2, -0.15) is 0 Å². The molecule has 8 aromatic rings. The fourth-order valence-corrected chi connectivity index (χ4v) is 7.99. The minimum absolute atomic E-state index is 0.227. The van der Waals surface area contributed by atoms with Gasteiger partial charge in [-0.15, -0.1) is 0 Å². The van der Waals surface area contributed by atoms with Gasteiger partial charge in [0.05, 0.1) is 0 Å². The Labute approximate surface area is 298 Å². The maximum atomic E-state index is 14.1. The molecule has 51 heavy (non-hydrogen) atoms. The van der Waals surface area contributed by atoms with Gasteiger partial charge in [-0.25, -0.2) is 4.39 Å². The molecule has 0 aliphatic heterocycles. The minimum Gasteiger partial charge on any atom is -0.310 e. The van der Waals surface area contributed by atoms with Gasteiger partial charge in [-0.1, -0.05) is 141 Å². The van der Waals surface area contributed by atoms with E-state index < -0.39 is 0 Å². The Hall–Kier alpha value is -6.25. The van der Waals surface area contributed by atoms with E-state index in [2.05, 4.69) is 176 Å². The molecule has 0 aromatic heterocycles. The van der Waals surface area contributed by atoms with Crippen molar-refractivity contribution in [3.63, 3.8) is 0 Å². The first kappa shape index (κ1) is 30.8. The summed E-state index contributed by atoms with van der Waals surface area (Å²) in [5.74, 6) is -0.227. The molecular formula is C49H36FN. The molecule has 2 heteroatoms. The Morgan fingerprint density at radius 1 is 0.431 bits per heavy atom. The fraction of sp³-hybridized carbons (Fsp3) is 0.0612. The number of nitrogens with zero attached hydrogens (tertiary/aromatic N) is 1. The van der Waals surface area contributed by atoms with Gasteiger partial charge in [0.15, 0.2) is 0 Å². The Balaban J connectivity index is 1.21. The van der Waals surface area contributed by atoms with Crippen molar-refractivity contribution in [3.8, 4) is 44.5 Å². The summed E-state index contributed by atoms with van der Waals surface area (Å²) in [4.78, 5) is 2.36. The molecule has 1 nitrogen and oxygen atoms in total. The zero-order valence-corrected chi connectivity index (χ0v) is 28.6. The number of benzene rings is 8. The van der Waals surface area contributed by atoms with Crippen molar-refractivity contribution >= 4 is 27.8 Å². The lowest BCUT2D eigenvalue weighted by Gasteiger charge is -2.28. The van der Waals surface area contributed by atoms with E-state index in [9.17, 15) is 4.39 Å². The van der Waals surface area contributed by atoms with E-state index in [4.69, 9.17) is 0 Å². The van der Waals surface area contributed by atoms with Crippen molar-refractivity contribution in [3.05, 3.63) is 199 Å². The predicted octanol–water partition coefficient (Wildman–Crippen LogP) is 13.8. The lowest BCUT2D eigenvalue weighted by atomic mass is 9.79. The summed E-state index contributed by atoms with van der Waals surface area (Å²) in [5, 5.41) is 2.45. The van der Waals surface area contributed by atoms with Crippen molar-refractivity contribution in [2.45, 2.75) is 19.3 Å². The highest BCUT2D eigenvalue weighted by Crippen LogP contribution is 2.56. The van der Waals surface area contributed by atoms with Gasteiger partial charge in [-0.3, -0.25) is 0 Å². The van der Waals surface area contributed by atoms with Crippen LogP contribution in [0.5, 0.6) is 0 Å². The second-order valence-electron chi connectivity index (χ2n) is 13.9. The molecule has 1 aliphatic rings. The second-order valence-corrected chi connectivity index (χ2v) is 13.9. The van der Waals surface area contributed by atoms with Crippen LogP contribution in [0.25, 0.3) is 55.3 Å². The molecule has 0 saturated heterocycles. The Morgan fingerprint density at radius 3 is 1.51 bits per heavy atom. The molecule has 0 heterocycles. The Bertz CT molecular complexity index is 2430. The van der Waals surface area contributed by atoms with Gasteiger partial charge < -0.3 is 4.90 Å². The first-order valence-corrected chi connectivity index (χ1v) is 17.5. The molecule has 0 unspecified atom stereocenters. The average molecular weight is 658 g/mol. The number of anilines is 3. The number of rotatable bonds is 6. The summed E-state index contributed by atoms with van der Waals surface area (Å²) < 4.78 is 14.1. The largest absolute Gasteiger partial charge is 0.310 e. The summed E-state index contributed by atoms with van der Waals surface area (Å²) in [6.45, 7) is 4.69. The molecule has 0 N–H and O–H groups in total. The highest BCUT2D eigenvalue weighted by molar-refractivity contribution is 6.05. The van der Waals surface area contributed by atoms with Crippen LogP contribution in [-0.2, 0) is 5.41 Å². The van der Waals surface area contributed by atoms with E-state index in [1.54, 1.807) is 12.1 Å². The van der Waals surface area contributed by atoms with Crippen LogP contribution >= 0.6 is 0 Å². The predicted molar refractivity (Wildman–Crippen MR) is 212 cm³/mol. The van der Waals surface area contributed by atoms with E-state index >= 15 is 0 Å². The van der Waals surface area contributed by atoms with Crippen molar-refractivity contribution in [2.75, 3.05) is 4.90 Å². The Morgan fingerprint density at radius 2 is 0.922 bits per heavy atom. The van der Waals surface area contributed by atoms with Crippen molar-refractivity contribution in [1.82, 2.24) is 0 Å². The van der Waals surface area contributed by atoms with Gasteiger partial charge in [0.25, 0.3) is 0 Å². The van der Waals surface area contributed by atoms with Crippen molar-refractivity contribution in [1.29, 1.82) is 0 Å². The molecule has 0 bridgehead atoms. The summed E-state index contributed by atoms with van der Waals surface area (Å²) in [6, 6.07) is 63.6. The molecule has 244 valence electrons. The first-order chi connectivity index (χ1) is 25.0. The minimum atomic E-state index is -0.281. The number of hydrogen-bond donors (Lipinski definition) is 0. The highest BCUT2D eigenvalue weighted by atomic mass is 19.1. The molecule has 8 aromatic carbocycles. The zero-order chi connectivity index (χ0) is 34.5. The van der Waals surface area contributed by atoms with Crippen LogP contribution in [0.2, 0.25) is 0 Å². The van der Waals surface area contributed by atoms with Gasteiger partial charge in [0, 0.05) is 22.5 Å². The van der Waals surface area contributed by atoms with Crippen LogP contribution in [0.4, 0.5) is 21.5 Å². The SMILES string of the molecule is CC1(C)c2cc(N(c3ccc(-c4ccccc4)cc3)c3ccc(-c4ccccc4)cc3)ccc2-c2c(-c3ccc(F)cc3)cc3ccccc3c21. The number of hydrogen-bond acceptors (Lipinski definition) is 1. The number of halogens is 1. The van der Waals surface area contributed by atoms with Gasteiger partial charge in [0.1, 0.15) is 5.82 Å². The molecule has 1 aliphatic carbocycles. The van der Waals surface area contributed by atoms with Crippen molar-refractivity contribution < 1.29 is 4.39 Å². The van der Waals surface area contributed by atoms with Crippen LogP contribution in [0.15, 0.2) is 182 Å². The second kappa shape index (κ2) is 12.3. The van der Waals surface area contributed by atoms with E-state index in [0.717, 1.165) is 28.2 Å². The topological polar surface area (TPSA) is 3.24 Å². The third kappa shape index (κ3) is 5.32. The van der Waals surface area contributed by atoms with Gasteiger partial charge in [-0.05, 0) is 121 Å². The molecule has 9 rings (SSSR count). The molecule has 0 atom stereocenters. The zero-order valence-electron chi connectivity index (χ0n) is 28.6. The maximum absolute atomic E-state index is 14.1. The molecule has 0 amide bonds. The third-order valence-corrected chi connectivity index (χ3v) is 10.5.